The van der Waals surface area contributed by atoms with E-state index in [1.807, 2.05) is 46.6 Å². The lowest BCUT2D eigenvalue weighted by Gasteiger charge is -2.28. The molecule has 1 aliphatic heterocycles. The number of hydrogen-bond donors (Lipinski definition) is 1. The topological polar surface area (TPSA) is 66.8 Å². The van der Waals surface area contributed by atoms with Gasteiger partial charge in [-0.25, -0.2) is 0 Å². The minimum atomic E-state index is -0.679. The van der Waals surface area contributed by atoms with Crippen molar-refractivity contribution >= 4 is 12.4 Å². The molecule has 0 radical (unpaired) electrons. The van der Waals surface area contributed by atoms with E-state index >= 15 is 0 Å². The predicted molar refractivity (Wildman–Crippen MR) is 76.2 cm³/mol. The van der Waals surface area contributed by atoms with E-state index < -0.39 is 5.97 Å². The van der Waals surface area contributed by atoms with Gasteiger partial charge in [-0.3, -0.25) is 14.5 Å². The van der Waals surface area contributed by atoms with Crippen LogP contribution in [0.1, 0.15) is 53.9 Å². The third-order valence-electron chi connectivity index (χ3n) is 2.46. The summed E-state index contributed by atoms with van der Waals surface area (Å²) in [6.45, 7) is 10.8. The second-order valence-electron chi connectivity index (χ2n) is 5.16. The molecule has 0 aliphatic carbocycles. The fourth-order valence-corrected chi connectivity index (χ4v) is 1.53. The van der Waals surface area contributed by atoms with Gasteiger partial charge in [0.2, 0.25) is 0 Å². The number of carboxylic acid groups (broad SMARTS) is 1. The quantitative estimate of drug-likeness (QED) is 0.784. The molecule has 1 heterocycles. The van der Waals surface area contributed by atoms with Gasteiger partial charge in [-0.05, 0) is 47.2 Å². The first-order valence-corrected chi connectivity index (χ1v) is 6.82. The Morgan fingerprint density at radius 1 is 1.32 bits per heavy atom. The Morgan fingerprint density at radius 2 is 1.84 bits per heavy atom. The zero-order chi connectivity index (χ0) is 15.5. The lowest BCUT2D eigenvalue weighted by Crippen LogP contribution is -2.41. The van der Waals surface area contributed by atoms with E-state index in [0.29, 0.717) is 6.47 Å². The van der Waals surface area contributed by atoms with Crippen molar-refractivity contribution in [3.8, 4) is 0 Å². The zero-order valence-electron chi connectivity index (χ0n) is 13.1. The molecule has 114 valence electrons. The van der Waals surface area contributed by atoms with Crippen molar-refractivity contribution in [2.75, 3.05) is 13.6 Å². The van der Waals surface area contributed by atoms with E-state index in [0.717, 1.165) is 25.8 Å². The monoisotopic (exact) mass is 275 g/mol. The van der Waals surface area contributed by atoms with Crippen molar-refractivity contribution < 1.29 is 19.4 Å². The number of likely N-dealkylation sites (N-methyl/N-ethyl adjacent to an activating group) is 1. The second kappa shape index (κ2) is 10.8. The van der Waals surface area contributed by atoms with Crippen LogP contribution >= 0.6 is 0 Å². The molecule has 19 heavy (non-hydrogen) atoms. The Bertz CT molecular complexity index is 248. The first-order valence-electron chi connectivity index (χ1n) is 6.82. The Morgan fingerprint density at radius 3 is 2.05 bits per heavy atom. The molecule has 0 bridgehead atoms. The molecule has 0 aromatic heterocycles. The van der Waals surface area contributed by atoms with Crippen LogP contribution in [0.2, 0.25) is 0 Å². The number of rotatable bonds is 2. The van der Waals surface area contributed by atoms with E-state index in [2.05, 4.69) is 4.74 Å². The second-order valence-corrected chi connectivity index (χ2v) is 5.16. The standard InChI is InChI=1S/C7H13NO2.C5H10O2.C2H6/c1-8-5-3-2-4-6(8)7(9)10;1-5(2,3)7-4-6;1-2/h6H,2-5H2,1H3,(H,9,10);4H,1-3H3;1-2H3. The highest BCUT2D eigenvalue weighted by atomic mass is 16.5. The van der Waals surface area contributed by atoms with Crippen LogP contribution in [0, 0.1) is 0 Å². The molecular weight excluding hydrogens is 246 g/mol. The summed E-state index contributed by atoms with van der Waals surface area (Å²) in [5.74, 6) is -0.679. The third kappa shape index (κ3) is 11.7. The van der Waals surface area contributed by atoms with Crippen molar-refractivity contribution in [1.82, 2.24) is 4.90 Å². The average Bonchev–Trinajstić information content (AvgIpc) is 2.31. The fraction of sp³-hybridized carbons (Fsp3) is 0.857. The van der Waals surface area contributed by atoms with Gasteiger partial charge >= 0.3 is 5.97 Å². The lowest BCUT2D eigenvalue weighted by molar-refractivity contribution is -0.144. The van der Waals surface area contributed by atoms with Crippen molar-refractivity contribution in [3.05, 3.63) is 0 Å². The normalized spacial score (nSPS) is 19.2. The molecule has 0 spiro atoms. The van der Waals surface area contributed by atoms with Crippen LogP contribution < -0.4 is 0 Å². The predicted octanol–water partition coefficient (Wildman–Crippen LogP) is 2.54. The summed E-state index contributed by atoms with van der Waals surface area (Å²) in [6.07, 6.45) is 3.01. The molecule has 1 rings (SSSR count). The van der Waals surface area contributed by atoms with Crippen LogP contribution in [0.3, 0.4) is 0 Å². The maximum atomic E-state index is 10.5. The van der Waals surface area contributed by atoms with Crippen molar-refractivity contribution in [3.63, 3.8) is 0 Å². The molecule has 5 nitrogen and oxygen atoms in total. The van der Waals surface area contributed by atoms with Gasteiger partial charge in [-0.1, -0.05) is 20.3 Å². The van der Waals surface area contributed by atoms with E-state index in [1.165, 1.54) is 0 Å². The summed E-state index contributed by atoms with van der Waals surface area (Å²) in [6, 6.07) is -0.228. The van der Waals surface area contributed by atoms with Crippen LogP contribution in [0.25, 0.3) is 0 Å². The first-order chi connectivity index (χ1) is 8.78. The number of piperidine rings is 1. The molecule has 1 N–H and O–H groups in total. The number of carbonyl (C=O) groups excluding carboxylic acids is 1. The summed E-state index contributed by atoms with van der Waals surface area (Å²) >= 11 is 0. The van der Waals surface area contributed by atoms with Gasteiger partial charge in [0.1, 0.15) is 11.6 Å². The Balaban J connectivity index is 0. The summed E-state index contributed by atoms with van der Waals surface area (Å²) < 4.78 is 4.55. The van der Waals surface area contributed by atoms with E-state index in [9.17, 15) is 9.59 Å². The molecule has 1 saturated heterocycles. The Labute approximate surface area is 116 Å². The number of likely N-dealkylation sites (tertiary alicyclic amines) is 1. The van der Waals surface area contributed by atoms with Crippen LogP contribution in [-0.4, -0.2) is 47.7 Å². The summed E-state index contributed by atoms with van der Waals surface area (Å²) in [5, 5.41) is 8.67. The minimum absolute atomic E-state index is 0.228. The lowest BCUT2D eigenvalue weighted by atomic mass is 10.0. The number of ether oxygens (including phenoxy) is 1. The highest BCUT2D eigenvalue weighted by molar-refractivity contribution is 5.73. The Hall–Kier alpha value is -1.10. The highest BCUT2D eigenvalue weighted by Gasteiger charge is 2.24. The summed E-state index contributed by atoms with van der Waals surface area (Å²) in [4.78, 5) is 22.0. The maximum absolute atomic E-state index is 10.5. The van der Waals surface area contributed by atoms with Crippen LogP contribution in [0.4, 0.5) is 0 Å². The van der Waals surface area contributed by atoms with E-state index in [1.54, 1.807) is 0 Å². The number of hydrogen-bond acceptors (Lipinski definition) is 4. The van der Waals surface area contributed by atoms with E-state index in [4.69, 9.17) is 5.11 Å². The largest absolute Gasteiger partial charge is 0.480 e. The maximum Gasteiger partial charge on any atom is 0.320 e. The molecule has 0 aromatic carbocycles. The van der Waals surface area contributed by atoms with Crippen molar-refractivity contribution in [1.29, 1.82) is 0 Å². The van der Waals surface area contributed by atoms with Crippen molar-refractivity contribution in [2.24, 2.45) is 0 Å². The van der Waals surface area contributed by atoms with Gasteiger partial charge in [0, 0.05) is 0 Å². The number of carboxylic acids is 1. The van der Waals surface area contributed by atoms with Gasteiger partial charge in [0.05, 0.1) is 0 Å². The molecule has 1 unspecified atom stereocenters. The highest BCUT2D eigenvalue weighted by Crippen LogP contribution is 2.14. The van der Waals surface area contributed by atoms with Crippen LogP contribution in [0.15, 0.2) is 0 Å². The van der Waals surface area contributed by atoms with Gasteiger partial charge < -0.3 is 9.84 Å². The minimum Gasteiger partial charge on any atom is -0.480 e. The molecule has 1 aliphatic rings. The van der Waals surface area contributed by atoms with Crippen LogP contribution in [-0.2, 0) is 14.3 Å². The Kier molecular flexibility index (Phi) is 11.5. The third-order valence-corrected chi connectivity index (χ3v) is 2.46. The molecule has 0 saturated carbocycles. The first kappa shape index (κ1) is 20.2. The SMILES string of the molecule is CC.CC(C)(C)OC=O.CN1CCCCC1C(=O)O. The fourth-order valence-electron chi connectivity index (χ4n) is 1.53. The zero-order valence-corrected chi connectivity index (χ0v) is 13.1. The van der Waals surface area contributed by atoms with Gasteiger partial charge in [-0.2, -0.15) is 0 Å². The molecule has 1 atom stereocenters. The van der Waals surface area contributed by atoms with E-state index in [-0.39, 0.29) is 11.6 Å². The molecule has 5 heteroatoms. The molecule has 0 aromatic rings. The van der Waals surface area contributed by atoms with Gasteiger partial charge in [0.25, 0.3) is 6.47 Å². The van der Waals surface area contributed by atoms with Crippen molar-refractivity contribution in [2.45, 2.75) is 65.5 Å². The van der Waals surface area contributed by atoms with Gasteiger partial charge in [0.15, 0.2) is 0 Å². The smallest absolute Gasteiger partial charge is 0.320 e. The van der Waals surface area contributed by atoms with Gasteiger partial charge in [-0.15, -0.1) is 0 Å². The molecule has 0 amide bonds. The molecule has 1 fully saturated rings. The average molecular weight is 275 g/mol. The molecular formula is C14H29NO4. The number of carbonyl (C=O) groups is 2. The summed E-state index contributed by atoms with van der Waals surface area (Å²) in [5.41, 5.74) is -0.318. The summed E-state index contributed by atoms with van der Waals surface area (Å²) in [7, 11) is 1.87. The number of nitrogens with zero attached hydrogens (tertiary/aromatic N) is 1. The number of aliphatic carboxylic acids is 1. The van der Waals surface area contributed by atoms with Crippen LogP contribution in [0.5, 0.6) is 0 Å².